The maximum Gasteiger partial charge on any atom is 0.356 e. The van der Waals surface area contributed by atoms with E-state index in [0.717, 1.165) is 12.4 Å². The van der Waals surface area contributed by atoms with Crippen molar-refractivity contribution in [3.05, 3.63) is 90.7 Å². The normalized spacial score (nSPS) is 10.1. The van der Waals surface area contributed by atoms with Crippen LogP contribution in [0.2, 0.25) is 0 Å². The van der Waals surface area contributed by atoms with Gasteiger partial charge in [-0.3, -0.25) is 51.5 Å². The first kappa shape index (κ1) is 23.0. The number of benzene rings is 2. The van der Waals surface area contributed by atoms with E-state index in [4.69, 9.17) is 0 Å². The van der Waals surface area contributed by atoms with Crippen molar-refractivity contribution in [2.24, 2.45) is 0 Å². The van der Waals surface area contributed by atoms with Gasteiger partial charge in [0.15, 0.2) is 0 Å². The minimum absolute atomic E-state index is 0.261. The highest BCUT2D eigenvalue weighted by Crippen LogP contribution is 2.28. The second kappa shape index (κ2) is 10.1. The summed E-state index contributed by atoms with van der Waals surface area (Å²) in [6.07, 6.45) is 0.944. The minimum atomic E-state index is -0.924. The van der Waals surface area contributed by atoms with Crippen LogP contribution in [0, 0.1) is 20.2 Å². The first-order valence-corrected chi connectivity index (χ1v) is 9.69. The smallest absolute Gasteiger partial charge is 0.276 e. The third-order valence-electron chi connectivity index (χ3n) is 4.06. The number of hydrogen-bond donors (Lipinski definition) is 4. The number of aromatic nitrogens is 2. The molecule has 0 unspecified atom stereocenters. The number of carbonyl (C=O) groups is 2. The van der Waals surface area contributed by atoms with E-state index in [1.54, 1.807) is 18.2 Å². The molecule has 0 saturated carbocycles. The molecular weight excluding hydrogens is 504 g/mol. The molecule has 2 aromatic carbocycles. The molecule has 4 N–H and O–H groups in total. The number of rotatable bonds is 8. The molecule has 168 valence electrons. The number of amides is 2. The number of hydrogen-bond acceptors (Lipinski definition) is 10. The van der Waals surface area contributed by atoms with Gasteiger partial charge in [-0.15, -0.1) is 0 Å². The second-order valence-corrected chi connectivity index (χ2v) is 6.94. The van der Waals surface area contributed by atoms with Crippen LogP contribution < -0.4 is 21.7 Å². The van der Waals surface area contributed by atoms with Gasteiger partial charge in [0.25, 0.3) is 17.5 Å². The zero-order chi connectivity index (χ0) is 24.0. The van der Waals surface area contributed by atoms with Crippen molar-refractivity contribution in [1.29, 1.82) is 0 Å². The summed E-state index contributed by atoms with van der Waals surface area (Å²) in [5, 5.41) is 22.7. The number of nitro benzene ring substituents is 1. The van der Waals surface area contributed by atoms with E-state index in [0.29, 0.717) is 4.47 Å². The molecule has 0 aliphatic heterocycles. The average molecular weight is 517 g/mol. The number of para-hydroxylation sites is 1. The summed E-state index contributed by atoms with van der Waals surface area (Å²) in [6.45, 7) is 0. The maximum atomic E-state index is 12.3. The fourth-order valence-electron chi connectivity index (χ4n) is 2.57. The van der Waals surface area contributed by atoms with Gasteiger partial charge < -0.3 is 0 Å². The third-order valence-corrected chi connectivity index (χ3v) is 4.75. The highest BCUT2D eigenvalue weighted by Gasteiger charge is 2.25. The molecule has 0 atom stereocenters. The second-order valence-electron chi connectivity index (χ2n) is 6.09. The SMILES string of the molecule is O=C(NNc1ncnc(NNC(=O)c2ccccc2[N+](=O)[O-])c1[N+](=O)[O-])c1ccccc1Br. The van der Waals surface area contributed by atoms with Gasteiger partial charge in [-0.25, -0.2) is 9.97 Å². The van der Waals surface area contributed by atoms with Gasteiger partial charge in [-0.2, -0.15) is 0 Å². The number of anilines is 2. The van der Waals surface area contributed by atoms with Gasteiger partial charge in [0.2, 0.25) is 11.6 Å². The Morgan fingerprint density at radius 1 is 0.788 bits per heavy atom. The summed E-state index contributed by atoms with van der Waals surface area (Å²) >= 11 is 3.22. The van der Waals surface area contributed by atoms with Gasteiger partial charge in [0, 0.05) is 10.5 Å². The van der Waals surface area contributed by atoms with Crippen molar-refractivity contribution in [2.45, 2.75) is 0 Å². The molecule has 0 radical (unpaired) electrons. The summed E-state index contributed by atoms with van der Waals surface area (Å²) in [7, 11) is 0. The monoisotopic (exact) mass is 516 g/mol. The van der Waals surface area contributed by atoms with Gasteiger partial charge in [0.05, 0.1) is 15.4 Å². The highest BCUT2D eigenvalue weighted by atomic mass is 79.9. The maximum absolute atomic E-state index is 12.3. The Balaban J connectivity index is 1.77. The zero-order valence-electron chi connectivity index (χ0n) is 16.3. The van der Waals surface area contributed by atoms with Crippen LogP contribution in [-0.4, -0.2) is 31.6 Å². The minimum Gasteiger partial charge on any atom is -0.276 e. The quantitative estimate of drug-likeness (QED) is 0.255. The predicted octanol–water partition coefficient (Wildman–Crippen LogP) is 2.57. The van der Waals surface area contributed by atoms with E-state index in [9.17, 15) is 29.8 Å². The van der Waals surface area contributed by atoms with E-state index in [1.807, 2.05) is 0 Å². The van der Waals surface area contributed by atoms with Crippen LogP contribution in [0.4, 0.5) is 23.0 Å². The Kier molecular flexibility index (Phi) is 7.04. The Labute approximate surface area is 192 Å². The van der Waals surface area contributed by atoms with Crippen LogP contribution in [0.1, 0.15) is 20.7 Å². The molecule has 33 heavy (non-hydrogen) atoms. The van der Waals surface area contributed by atoms with E-state index in [1.165, 1.54) is 24.3 Å². The fraction of sp³-hybridized carbons (Fsp3) is 0. The third kappa shape index (κ3) is 5.34. The molecule has 3 rings (SSSR count). The lowest BCUT2D eigenvalue weighted by molar-refractivity contribution is -0.385. The molecule has 1 aromatic heterocycles. The first-order chi connectivity index (χ1) is 15.8. The lowest BCUT2D eigenvalue weighted by Crippen LogP contribution is -2.32. The van der Waals surface area contributed by atoms with Crippen molar-refractivity contribution < 1.29 is 19.4 Å². The topological polar surface area (TPSA) is 194 Å². The van der Waals surface area contributed by atoms with Crippen molar-refractivity contribution in [3.8, 4) is 0 Å². The molecule has 0 fully saturated rings. The van der Waals surface area contributed by atoms with Crippen molar-refractivity contribution >= 4 is 50.8 Å². The number of nitrogens with zero attached hydrogens (tertiary/aromatic N) is 4. The van der Waals surface area contributed by atoms with Crippen LogP contribution in [0.15, 0.2) is 59.3 Å². The number of hydrazine groups is 2. The van der Waals surface area contributed by atoms with Crippen molar-refractivity contribution in [3.63, 3.8) is 0 Å². The number of nitro groups is 2. The van der Waals surface area contributed by atoms with Gasteiger partial charge >= 0.3 is 5.69 Å². The van der Waals surface area contributed by atoms with Gasteiger partial charge in [-0.1, -0.05) is 24.3 Å². The first-order valence-electron chi connectivity index (χ1n) is 8.89. The van der Waals surface area contributed by atoms with Crippen molar-refractivity contribution in [1.82, 2.24) is 20.8 Å². The van der Waals surface area contributed by atoms with Crippen molar-refractivity contribution in [2.75, 3.05) is 10.9 Å². The zero-order valence-corrected chi connectivity index (χ0v) is 17.9. The van der Waals surface area contributed by atoms with E-state index < -0.39 is 38.9 Å². The Morgan fingerprint density at radius 3 is 1.85 bits per heavy atom. The predicted molar refractivity (Wildman–Crippen MR) is 118 cm³/mol. The summed E-state index contributed by atoms with van der Waals surface area (Å²) < 4.78 is 0.501. The number of nitrogens with one attached hydrogen (secondary N) is 4. The average Bonchev–Trinajstić information content (AvgIpc) is 2.81. The van der Waals surface area contributed by atoms with E-state index in [2.05, 4.69) is 47.6 Å². The van der Waals surface area contributed by atoms with Crippen LogP contribution in [0.25, 0.3) is 0 Å². The molecule has 15 heteroatoms. The molecule has 3 aromatic rings. The molecule has 0 bridgehead atoms. The summed E-state index contributed by atoms with van der Waals surface area (Å²) in [5.41, 5.74) is 7.84. The summed E-state index contributed by atoms with van der Waals surface area (Å²) in [5.74, 6) is -2.33. The molecular formula is C18H13BrN8O6. The Bertz CT molecular complexity index is 1250. The van der Waals surface area contributed by atoms with Gasteiger partial charge in [0.1, 0.15) is 11.9 Å². The number of carbonyl (C=O) groups excluding carboxylic acids is 2. The molecule has 0 aliphatic carbocycles. The Morgan fingerprint density at radius 2 is 1.30 bits per heavy atom. The molecule has 1 heterocycles. The molecule has 0 spiro atoms. The van der Waals surface area contributed by atoms with Crippen LogP contribution >= 0.6 is 15.9 Å². The fourth-order valence-corrected chi connectivity index (χ4v) is 3.04. The molecule has 0 aliphatic rings. The van der Waals surface area contributed by atoms with Crippen LogP contribution in [0.5, 0.6) is 0 Å². The van der Waals surface area contributed by atoms with E-state index >= 15 is 0 Å². The van der Waals surface area contributed by atoms with Crippen LogP contribution in [-0.2, 0) is 0 Å². The van der Waals surface area contributed by atoms with Gasteiger partial charge in [-0.05, 0) is 34.1 Å². The molecule has 0 saturated heterocycles. The standard InChI is InChI=1S/C18H13BrN8O6/c19-12-7-3-1-5-10(12)17(28)24-22-15-14(27(32)33)16(21-9-20-15)23-25-18(29)11-6-2-4-8-13(11)26(30)31/h1-9H,(H,24,28)(H,25,29)(H2,20,21,22,23). The Hall–Kier alpha value is -4.66. The lowest BCUT2D eigenvalue weighted by atomic mass is 10.2. The number of halogens is 1. The molecule has 2 amide bonds. The summed E-state index contributed by atoms with van der Waals surface area (Å²) in [4.78, 5) is 53.2. The van der Waals surface area contributed by atoms with E-state index in [-0.39, 0.29) is 16.9 Å². The molecule has 14 nitrogen and oxygen atoms in total. The van der Waals surface area contributed by atoms with Crippen LogP contribution in [0.3, 0.4) is 0 Å². The largest absolute Gasteiger partial charge is 0.356 e. The lowest BCUT2D eigenvalue weighted by Gasteiger charge is -2.12. The summed E-state index contributed by atoms with van der Waals surface area (Å²) in [6, 6.07) is 11.7. The highest BCUT2D eigenvalue weighted by molar-refractivity contribution is 9.10.